The van der Waals surface area contributed by atoms with Crippen LogP contribution in [-0.2, 0) is 14.9 Å². The third-order valence-electron chi connectivity index (χ3n) is 0.583. The maximum atomic E-state index is 9.29. The molecule has 0 saturated heterocycles. The quantitative estimate of drug-likeness (QED) is 0.239. The second kappa shape index (κ2) is 5.03. The van der Waals surface area contributed by atoms with Gasteiger partial charge in [-0.05, 0) is 11.2 Å². The zero-order chi connectivity index (χ0) is 6.41. The smallest absolute Gasteiger partial charge is 0.184 e. The zero-order valence-corrected chi connectivity index (χ0v) is 5.22. The van der Waals surface area contributed by atoms with Gasteiger partial charge in [-0.25, -0.2) is 0 Å². The highest BCUT2D eigenvalue weighted by molar-refractivity contribution is 4.35. The van der Waals surface area contributed by atoms with Crippen LogP contribution in [0.1, 0.15) is 13.8 Å². The SMILES string of the molecule is CC(C)COCO[O]. The second-order valence-electron chi connectivity index (χ2n) is 2.00. The Labute approximate surface area is 49.1 Å². The molecule has 0 unspecified atom stereocenters. The summed E-state index contributed by atoms with van der Waals surface area (Å²) in [4.78, 5) is 3.42. The van der Waals surface area contributed by atoms with Gasteiger partial charge in [-0.1, -0.05) is 13.8 Å². The van der Waals surface area contributed by atoms with Gasteiger partial charge in [0, 0.05) is 0 Å². The third-order valence-corrected chi connectivity index (χ3v) is 0.583. The predicted molar refractivity (Wildman–Crippen MR) is 27.4 cm³/mol. The van der Waals surface area contributed by atoms with Crippen molar-refractivity contribution in [2.45, 2.75) is 13.8 Å². The van der Waals surface area contributed by atoms with Gasteiger partial charge in [-0.2, -0.15) is 4.89 Å². The normalized spacial score (nSPS) is 10.5. The molecular formula is C5H11O3. The van der Waals surface area contributed by atoms with E-state index in [1.807, 2.05) is 13.8 Å². The summed E-state index contributed by atoms with van der Waals surface area (Å²) >= 11 is 0. The minimum absolute atomic E-state index is 0.141. The molecule has 0 heterocycles. The van der Waals surface area contributed by atoms with Crippen LogP contribution in [0.25, 0.3) is 0 Å². The van der Waals surface area contributed by atoms with Gasteiger partial charge in [0.15, 0.2) is 6.79 Å². The molecule has 0 aliphatic heterocycles. The first-order chi connectivity index (χ1) is 3.77. The summed E-state index contributed by atoms with van der Waals surface area (Å²) in [6.07, 6.45) is 0. The van der Waals surface area contributed by atoms with Crippen LogP contribution in [0.5, 0.6) is 0 Å². The highest BCUT2D eigenvalue weighted by Gasteiger charge is 1.91. The Balaban J connectivity index is 2.72. The number of rotatable bonds is 4. The Morgan fingerprint density at radius 1 is 1.50 bits per heavy atom. The fourth-order valence-corrected chi connectivity index (χ4v) is 0.318. The lowest BCUT2D eigenvalue weighted by molar-refractivity contribution is -0.347. The molecule has 1 radical (unpaired) electrons. The molecule has 8 heavy (non-hydrogen) atoms. The standard InChI is InChI=1S/C5H11O3/c1-5(2)3-7-4-8-6/h5H,3-4H2,1-2H3. The molecule has 49 valence electrons. The summed E-state index contributed by atoms with van der Waals surface area (Å²) in [5, 5.41) is 9.29. The molecule has 0 N–H and O–H groups in total. The molecule has 3 nitrogen and oxygen atoms in total. The van der Waals surface area contributed by atoms with Gasteiger partial charge in [0.25, 0.3) is 0 Å². The molecule has 0 aliphatic carbocycles. The van der Waals surface area contributed by atoms with Crippen molar-refractivity contribution in [1.29, 1.82) is 0 Å². The van der Waals surface area contributed by atoms with E-state index in [0.717, 1.165) is 0 Å². The van der Waals surface area contributed by atoms with Crippen LogP contribution in [-0.4, -0.2) is 13.4 Å². The van der Waals surface area contributed by atoms with E-state index < -0.39 is 0 Å². The minimum atomic E-state index is -0.141. The van der Waals surface area contributed by atoms with Gasteiger partial charge in [0.05, 0.1) is 6.61 Å². The summed E-state index contributed by atoms with van der Waals surface area (Å²) in [6.45, 7) is 4.45. The van der Waals surface area contributed by atoms with Gasteiger partial charge in [-0.15, -0.1) is 0 Å². The molecule has 0 amide bonds. The predicted octanol–water partition coefficient (Wildman–Crippen LogP) is 0.979. The monoisotopic (exact) mass is 119 g/mol. The van der Waals surface area contributed by atoms with Gasteiger partial charge in [0.1, 0.15) is 0 Å². The summed E-state index contributed by atoms with van der Waals surface area (Å²) in [6, 6.07) is 0. The fraction of sp³-hybridized carbons (Fsp3) is 1.00. The van der Waals surface area contributed by atoms with Crippen molar-refractivity contribution in [3.63, 3.8) is 0 Å². The molecule has 0 saturated carbocycles. The largest absolute Gasteiger partial charge is 0.352 e. The molecular weight excluding hydrogens is 108 g/mol. The van der Waals surface area contributed by atoms with Crippen molar-refractivity contribution >= 4 is 0 Å². The van der Waals surface area contributed by atoms with Gasteiger partial charge >= 0.3 is 0 Å². The van der Waals surface area contributed by atoms with E-state index in [2.05, 4.69) is 4.89 Å². The van der Waals surface area contributed by atoms with Crippen LogP contribution < -0.4 is 0 Å². The lowest BCUT2D eigenvalue weighted by Gasteiger charge is -2.01. The van der Waals surface area contributed by atoms with Crippen molar-refractivity contribution in [3.8, 4) is 0 Å². The van der Waals surface area contributed by atoms with E-state index >= 15 is 0 Å². The molecule has 0 aromatic rings. The first kappa shape index (κ1) is 7.88. The van der Waals surface area contributed by atoms with E-state index in [-0.39, 0.29) is 6.79 Å². The lowest BCUT2D eigenvalue weighted by Crippen LogP contribution is -2.03. The number of hydrogen-bond acceptors (Lipinski definition) is 2. The topological polar surface area (TPSA) is 38.4 Å². The molecule has 0 aromatic carbocycles. The van der Waals surface area contributed by atoms with Crippen LogP contribution in [0.2, 0.25) is 0 Å². The van der Waals surface area contributed by atoms with Crippen LogP contribution in [0.4, 0.5) is 0 Å². The maximum Gasteiger partial charge on any atom is 0.184 e. The van der Waals surface area contributed by atoms with Crippen molar-refractivity contribution in [1.82, 2.24) is 0 Å². The zero-order valence-electron chi connectivity index (χ0n) is 5.22. The van der Waals surface area contributed by atoms with E-state index in [9.17, 15) is 5.26 Å². The van der Waals surface area contributed by atoms with E-state index in [4.69, 9.17) is 4.74 Å². The Morgan fingerprint density at radius 3 is 2.50 bits per heavy atom. The number of hydrogen-bond donors (Lipinski definition) is 0. The summed E-state index contributed by atoms with van der Waals surface area (Å²) in [5.41, 5.74) is 0. The summed E-state index contributed by atoms with van der Waals surface area (Å²) in [5.74, 6) is 0.463. The van der Waals surface area contributed by atoms with Gasteiger partial charge < -0.3 is 4.74 Å². The Hall–Kier alpha value is -0.120. The van der Waals surface area contributed by atoms with Crippen LogP contribution in [0.15, 0.2) is 0 Å². The molecule has 0 rings (SSSR count). The van der Waals surface area contributed by atoms with Gasteiger partial charge in [0.2, 0.25) is 0 Å². The van der Waals surface area contributed by atoms with E-state index in [1.165, 1.54) is 0 Å². The van der Waals surface area contributed by atoms with Gasteiger partial charge in [-0.3, -0.25) is 0 Å². The van der Waals surface area contributed by atoms with E-state index in [1.54, 1.807) is 0 Å². The van der Waals surface area contributed by atoms with Crippen molar-refractivity contribution in [2.75, 3.05) is 13.4 Å². The Kier molecular flexibility index (Phi) is 4.95. The third kappa shape index (κ3) is 5.88. The first-order valence-electron chi connectivity index (χ1n) is 2.60. The van der Waals surface area contributed by atoms with Crippen molar-refractivity contribution in [2.24, 2.45) is 5.92 Å². The average Bonchev–Trinajstić information content (AvgIpc) is 1.66. The molecule has 0 aromatic heterocycles. The lowest BCUT2D eigenvalue weighted by atomic mass is 10.2. The summed E-state index contributed by atoms with van der Waals surface area (Å²) < 4.78 is 4.71. The van der Waals surface area contributed by atoms with Crippen molar-refractivity contribution < 1.29 is 14.9 Å². The first-order valence-corrected chi connectivity index (χ1v) is 2.60. The number of ether oxygens (including phenoxy) is 1. The average molecular weight is 119 g/mol. The van der Waals surface area contributed by atoms with Crippen molar-refractivity contribution in [3.05, 3.63) is 0 Å². The highest BCUT2D eigenvalue weighted by Crippen LogP contribution is 1.90. The molecule has 0 fully saturated rings. The molecule has 0 bridgehead atoms. The molecule has 0 atom stereocenters. The second-order valence-corrected chi connectivity index (χ2v) is 2.00. The summed E-state index contributed by atoms with van der Waals surface area (Å²) in [7, 11) is 0. The van der Waals surface area contributed by atoms with Crippen LogP contribution in [0.3, 0.4) is 0 Å². The Bertz CT molecular complexity index is 44.9. The molecule has 0 spiro atoms. The molecule has 3 heteroatoms. The molecule has 0 aliphatic rings. The fourth-order valence-electron chi connectivity index (χ4n) is 0.318. The maximum absolute atomic E-state index is 9.29. The van der Waals surface area contributed by atoms with Crippen LogP contribution >= 0.6 is 0 Å². The Morgan fingerprint density at radius 2 is 2.12 bits per heavy atom. The van der Waals surface area contributed by atoms with Crippen LogP contribution in [0, 0.1) is 5.92 Å². The van der Waals surface area contributed by atoms with E-state index in [0.29, 0.717) is 12.5 Å². The minimum Gasteiger partial charge on any atom is -0.352 e. The highest BCUT2D eigenvalue weighted by atomic mass is 17.1.